The summed E-state index contributed by atoms with van der Waals surface area (Å²) in [6.45, 7) is 93.6. The molecule has 0 aromatic rings. The second kappa shape index (κ2) is 63.0. The molecular weight excluding hydrogens is 1760 g/mol. The molecule has 12 heterocycles. The van der Waals surface area contributed by atoms with Gasteiger partial charge in [-0.3, -0.25) is 28.9 Å². The molecule has 139 heavy (non-hydrogen) atoms. The Morgan fingerprint density at radius 3 is 1.14 bits per heavy atom. The van der Waals surface area contributed by atoms with Crippen LogP contribution in [0, 0.1) is 89.7 Å². The van der Waals surface area contributed by atoms with Gasteiger partial charge in [-0.15, -0.1) is 0 Å². The molecule has 3 unspecified atom stereocenters. The SMILES string of the molecule is CC.CC(C)(C)C1CCC(C(=O)O)CC1.CC(C)(C)C1CCN(C2COC2)CC1.CC(C)(C)C1CCN(S(C)(=O)=O)CC1.CC(C)(C)CC(=O)N1CCC1.CC(C)(C)CC(=O)N1CCOC(CCO)C1.CC(C)(C)CCC(=O)N1CCCC1.CC(C)(C)CCC1CCOCC1.CC(C)(C)C[C@@H]1CCCN1.CC(C)(C)C[C@H]1CCCN1.CC1CN(C(=O)CC(C)(C)C)CCO1.CC1C[C@H]2CC[C@@H](C1)N2C. The molecule has 13 fully saturated rings. The number of aliphatic hydroxyl groups is 1. The standard InChI is InChI=1S/C12H23NO3.C12H23NO.C11H21NO2.C11H21NO.C11H20O2.C11H22O.C10H21NO2S.C9H17NO.C9H17N.2C9H19N.C2H6/c1-12(2,3)8-11(15)13-5-7-16-10(9-13)4-6-14;1-12(2,3)10-4-6-13(7-5-10)11-8-14-9-11;1-9-8-12(5-6-14-9)10(13)7-11(2,3)4;1-11(2,3)7-6-10(13)12-8-4-5-9-12;1-11(2,3)9-6-4-8(5-7-9)10(12)13;1-11(2,3)7-4-10-5-8-12-9-6-10;1-10(2,3)9-5-7-11(8-6-9)14(4,12)13;1-9(2,3)7-8(11)10-5-4-6-10;1-7-5-8-3-4-9(6-7)10(8)2;2*1-9(2,3)7-8-5-4-6-10-8;1-2/h10,14H,4-9H2,1-3H3;10-11H,4-9H2,1-3H3;9H,5-8H2,1-4H3;4-9H2,1-3H3;8-9H,4-7H2,1-3H3,(H,12,13);10H,4-9H2,1-3H3;9H,5-8H2,1-4H3;4-7H2,1-3H3;7-9H,3-6H2,1-2H3;2*8,10H,4-7H2,1-3H3;1-2H3/t;;;;;;;;7?,8-,9+;2*8-;/m.........10./s1. The number of fused-ring (bicyclic) bond motifs is 2. The molecular formula is C116H229N9O13S. The molecule has 22 nitrogen and oxygen atoms in total. The number of ether oxygens (including phenoxy) is 4. The van der Waals surface area contributed by atoms with Crippen LogP contribution in [0.5, 0.6) is 0 Å². The zero-order valence-corrected chi connectivity index (χ0v) is 98.5. The van der Waals surface area contributed by atoms with Crippen LogP contribution in [0.3, 0.4) is 0 Å². The number of aliphatic hydroxyl groups excluding tert-OH is 1. The summed E-state index contributed by atoms with van der Waals surface area (Å²) in [5.74, 6) is 4.67. The third kappa shape index (κ3) is 61.5. The van der Waals surface area contributed by atoms with Crippen LogP contribution in [0.2, 0.25) is 0 Å². The molecule has 0 aromatic carbocycles. The van der Waals surface area contributed by atoms with E-state index in [0.29, 0.717) is 121 Å². The summed E-state index contributed by atoms with van der Waals surface area (Å²) in [5, 5.41) is 24.7. The maximum atomic E-state index is 12.0. The third-order valence-corrected chi connectivity index (χ3v) is 31.0. The minimum absolute atomic E-state index is 0.00247. The van der Waals surface area contributed by atoms with Crippen LogP contribution in [0.15, 0.2) is 0 Å². The first-order valence-electron chi connectivity index (χ1n) is 56.2. The van der Waals surface area contributed by atoms with Crippen LogP contribution in [0.1, 0.15) is 434 Å². The number of amides is 4. The molecule has 0 aromatic heterocycles. The van der Waals surface area contributed by atoms with Crippen LogP contribution in [-0.2, 0) is 52.9 Å². The lowest BCUT2D eigenvalue weighted by Crippen LogP contribution is -2.52. The van der Waals surface area contributed by atoms with Gasteiger partial charge in [0.15, 0.2) is 0 Å². The van der Waals surface area contributed by atoms with Crippen LogP contribution >= 0.6 is 0 Å². The summed E-state index contributed by atoms with van der Waals surface area (Å²) in [7, 11) is -0.662. The van der Waals surface area contributed by atoms with Crippen LogP contribution in [0.4, 0.5) is 0 Å². The largest absolute Gasteiger partial charge is 0.481 e. The molecule has 1 aliphatic carbocycles. The molecule has 12 saturated heterocycles. The van der Waals surface area contributed by atoms with Crippen molar-refractivity contribution < 1.29 is 61.6 Å². The Morgan fingerprint density at radius 2 is 0.791 bits per heavy atom. The van der Waals surface area contributed by atoms with E-state index in [0.717, 1.165) is 165 Å². The van der Waals surface area contributed by atoms with Crippen molar-refractivity contribution in [3.8, 4) is 0 Å². The second-order valence-electron chi connectivity index (χ2n) is 55.3. The van der Waals surface area contributed by atoms with E-state index >= 15 is 0 Å². The molecule has 4 amide bonds. The van der Waals surface area contributed by atoms with E-state index in [1.807, 2.05) is 40.4 Å². The van der Waals surface area contributed by atoms with E-state index in [-0.39, 0.29) is 58.2 Å². The van der Waals surface area contributed by atoms with Gasteiger partial charge in [-0.2, -0.15) is 0 Å². The van der Waals surface area contributed by atoms with Crippen molar-refractivity contribution >= 4 is 39.6 Å². The van der Waals surface area contributed by atoms with E-state index in [1.165, 1.54) is 154 Å². The van der Waals surface area contributed by atoms with Gasteiger partial charge in [0.25, 0.3) is 0 Å². The molecule has 13 rings (SSSR count). The van der Waals surface area contributed by atoms with Crippen LogP contribution in [-0.4, -0.2) is 276 Å². The summed E-state index contributed by atoms with van der Waals surface area (Å²) in [5.41, 5.74) is 3.22. The molecule has 7 atom stereocenters. The number of sulfonamides is 1. The van der Waals surface area contributed by atoms with Gasteiger partial charge in [0.2, 0.25) is 33.7 Å². The van der Waals surface area contributed by atoms with Crippen molar-refractivity contribution in [1.82, 2.24) is 44.3 Å². The highest BCUT2D eigenvalue weighted by molar-refractivity contribution is 7.88. The molecule has 0 spiro atoms. The second-order valence-corrected chi connectivity index (χ2v) is 57.3. The van der Waals surface area contributed by atoms with Gasteiger partial charge in [-0.1, -0.05) is 228 Å². The van der Waals surface area contributed by atoms with E-state index in [4.69, 9.17) is 29.2 Å². The topological polar surface area (TPSA) is 244 Å². The fraction of sp³-hybridized carbons (Fsp3) is 0.957. The minimum atomic E-state index is -2.96. The first-order chi connectivity index (χ1) is 64.0. The zero-order chi connectivity index (χ0) is 106. The van der Waals surface area contributed by atoms with Gasteiger partial charge < -0.3 is 64.3 Å². The lowest BCUT2D eigenvalue weighted by atomic mass is 9.70. The summed E-state index contributed by atoms with van der Waals surface area (Å²) >= 11 is 0. The Morgan fingerprint density at radius 1 is 0.396 bits per heavy atom. The number of nitrogens with one attached hydrogen (secondary N) is 2. The number of nitrogens with zero attached hydrogens (tertiary/aromatic N) is 7. The number of hydrogen-bond acceptors (Lipinski definition) is 16. The summed E-state index contributed by atoms with van der Waals surface area (Å²) < 4.78 is 45.6. The van der Waals surface area contributed by atoms with Gasteiger partial charge in [0.05, 0.1) is 56.9 Å². The van der Waals surface area contributed by atoms with Gasteiger partial charge in [-0.05, 0) is 297 Å². The molecule has 23 heteroatoms. The van der Waals surface area contributed by atoms with Crippen molar-refractivity contribution in [2.24, 2.45) is 89.7 Å². The average molecular weight is 1990 g/mol. The van der Waals surface area contributed by atoms with E-state index < -0.39 is 16.0 Å². The Bertz CT molecular complexity index is 3360. The number of morpholine rings is 2. The lowest BCUT2D eigenvalue weighted by Gasteiger charge is -2.44. The number of carbonyl (C=O) groups is 5. The van der Waals surface area contributed by atoms with Crippen molar-refractivity contribution in [3.63, 3.8) is 0 Å². The quantitative estimate of drug-likeness (QED) is 0.126. The number of rotatable bonds is 14. The third-order valence-electron chi connectivity index (χ3n) is 29.7. The highest BCUT2D eigenvalue weighted by atomic mass is 32.2. The maximum absolute atomic E-state index is 12.0. The molecule has 0 radical (unpaired) electrons. The summed E-state index contributed by atoms with van der Waals surface area (Å²) in [6, 6.07) is 4.23. The number of likely N-dealkylation sites (tertiary alicyclic amines) is 3. The fourth-order valence-electron chi connectivity index (χ4n) is 20.7. The Labute approximate surface area is 858 Å². The number of aliphatic carboxylic acids is 1. The first-order valence-corrected chi connectivity index (χ1v) is 58.0. The number of carboxylic acids is 1. The Kier molecular flexibility index (Phi) is 59.8. The molecule has 12 aliphatic heterocycles. The summed E-state index contributed by atoms with van der Waals surface area (Å²) in [4.78, 5) is 70.4. The molecule has 13 aliphatic rings. The highest BCUT2D eigenvalue weighted by Gasteiger charge is 2.40. The van der Waals surface area contributed by atoms with Gasteiger partial charge in [0, 0.05) is 135 Å². The molecule has 1 saturated carbocycles. The van der Waals surface area contributed by atoms with Crippen molar-refractivity contribution in [2.45, 2.75) is 477 Å². The number of carbonyl (C=O) groups excluding carboxylic acids is 4. The molecule has 4 N–H and O–H groups in total. The smallest absolute Gasteiger partial charge is 0.306 e. The van der Waals surface area contributed by atoms with E-state index in [1.54, 1.807) is 4.31 Å². The van der Waals surface area contributed by atoms with Gasteiger partial charge in [0.1, 0.15) is 0 Å². The molecule has 822 valence electrons. The maximum Gasteiger partial charge on any atom is 0.306 e. The highest BCUT2D eigenvalue weighted by Crippen LogP contribution is 2.42. The van der Waals surface area contributed by atoms with Crippen molar-refractivity contribution in [2.75, 3.05) is 151 Å². The van der Waals surface area contributed by atoms with Crippen LogP contribution < -0.4 is 10.6 Å². The number of carboxylic acid groups (broad SMARTS) is 1. The van der Waals surface area contributed by atoms with E-state index in [2.05, 4.69) is 242 Å². The first kappa shape index (κ1) is 132. The fourth-order valence-corrected chi connectivity index (χ4v) is 21.6. The lowest BCUT2D eigenvalue weighted by molar-refractivity contribution is -0.143. The average Bonchev–Trinajstić information content (AvgIpc) is 1.59. The monoisotopic (exact) mass is 1990 g/mol. The number of piperidine rings is 3. The molecule has 2 bridgehead atoms. The Hall–Kier alpha value is -3.10. The normalized spacial score (nSPS) is 25.2. The number of hydrogen-bond donors (Lipinski definition) is 4. The summed E-state index contributed by atoms with van der Waals surface area (Å²) in [6.07, 6.45) is 37.3. The van der Waals surface area contributed by atoms with Crippen LogP contribution in [0.25, 0.3) is 0 Å². The zero-order valence-electron chi connectivity index (χ0n) is 97.7. The van der Waals surface area contributed by atoms with Gasteiger partial charge in [-0.25, -0.2) is 12.7 Å². The Balaban J connectivity index is 0.000000517. The predicted molar refractivity (Wildman–Crippen MR) is 584 cm³/mol. The van der Waals surface area contributed by atoms with Crippen molar-refractivity contribution in [1.29, 1.82) is 0 Å². The van der Waals surface area contributed by atoms with Crippen molar-refractivity contribution in [3.05, 3.63) is 0 Å². The van der Waals surface area contributed by atoms with Gasteiger partial charge >= 0.3 is 5.97 Å². The predicted octanol–water partition coefficient (Wildman–Crippen LogP) is 24.1. The minimum Gasteiger partial charge on any atom is -0.481 e. The van der Waals surface area contributed by atoms with E-state index in [9.17, 15) is 32.4 Å².